The minimum absolute atomic E-state index is 0.421. The number of rotatable bonds is 3. The average molecular weight is 602 g/mol. The van der Waals surface area contributed by atoms with Gasteiger partial charge in [-0.25, -0.2) is 0 Å². The van der Waals surface area contributed by atoms with Crippen molar-refractivity contribution in [2.75, 3.05) is 0 Å². The van der Waals surface area contributed by atoms with Crippen LogP contribution in [0.4, 0.5) is 0 Å². The highest BCUT2D eigenvalue weighted by Gasteiger charge is 2.22. The smallest absolute Gasteiger partial charge is 0.0998 e. The molecule has 0 atom stereocenters. The average Bonchev–Trinajstić information content (AvgIpc) is 3.65. The van der Waals surface area contributed by atoms with Gasteiger partial charge < -0.3 is 4.57 Å². The fraction of sp³-hybridized carbons (Fsp3) is 0. The Balaban J connectivity index is 1.53. The van der Waals surface area contributed by atoms with Crippen LogP contribution in [0.1, 0.15) is 22.3 Å². The first-order valence-electron chi connectivity index (χ1n) is 14.5. The Morgan fingerprint density at radius 2 is 1.09 bits per heavy atom. The Labute approximate surface area is 267 Å². The van der Waals surface area contributed by atoms with Crippen LogP contribution in [-0.4, -0.2) is 4.57 Å². The Morgan fingerprint density at radius 1 is 0.478 bits per heavy atom. The summed E-state index contributed by atoms with van der Waals surface area (Å²) in [5.74, 6) is 0. The van der Waals surface area contributed by atoms with Crippen molar-refractivity contribution in [2.45, 2.75) is 0 Å². The normalized spacial score (nSPS) is 11.0. The van der Waals surface area contributed by atoms with Crippen LogP contribution in [0.5, 0.6) is 0 Å². The summed E-state index contributed by atoms with van der Waals surface area (Å²) >= 11 is 1.76. The van der Waals surface area contributed by atoms with Gasteiger partial charge >= 0.3 is 0 Å². The summed E-state index contributed by atoms with van der Waals surface area (Å²) in [6.45, 7) is 0. The zero-order chi connectivity index (χ0) is 31.4. The monoisotopic (exact) mass is 601 g/mol. The molecule has 8 aromatic rings. The van der Waals surface area contributed by atoms with E-state index in [2.05, 4.69) is 71.3 Å². The summed E-state index contributed by atoms with van der Waals surface area (Å²) in [6, 6.07) is 46.3. The van der Waals surface area contributed by atoms with Crippen molar-refractivity contribution in [1.82, 2.24) is 4.57 Å². The molecule has 0 aliphatic rings. The second kappa shape index (κ2) is 10.5. The van der Waals surface area contributed by atoms with Crippen molar-refractivity contribution in [3.63, 3.8) is 0 Å². The number of thiophene rings is 1. The first kappa shape index (κ1) is 26.9. The molecule has 0 N–H and O–H groups in total. The van der Waals surface area contributed by atoms with Gasteiger partial charge in [0.15, 0.2) is 0 Å². The van der Waals surface area contributed by atoms with E-state index < -0.39 is 0 Å². The number of benzene rings is 6. The molecule has 0 spiro atoms. The van der Waals surface area contributed by atoms with Crippen LogP contribution in [-0.2, 0) is 0 Å². The molecular formula is C40H19N5S. The molecule has 0 radical (unpaired) electrons. The molecule has 0 amide bonds. The number of para-hydroxylation sites is 1. The molecule has 6 heteroatoms. The van der Waals surface area contributed by atoms with E-state index in [9.17, 15) is 21.0 Å². The van der Waals surface area contributed by atoms with Gasteiger partial charge in [-0.3, -0.25) is 0 Å². The lowest BCUT2D eigenvalue weighted by atomic mass is 9.92. The molecule has 46 heavy (non-hydrogen) atoms. The Morgan fingerprint density at radius 3 is 1.78 bits per heavy atom. The van der Waals surface area contributed by atoms with E-state index in [0.717, 1.165) is 44.0 Å². The van der Waals surface area contributed by atoms with Crippen LogP contribution in [0.2, 0.25) is 0 Å². The Hall–Kier alpha value is -6.70. The van der Waals surface area contributed by atoms with Gasteiger partial charge in [0.2, 0.25) is 0 Å². The molecule has 0 fully saturated rings. The lowest BCUT2D eigenvalue weighted by Crippen LogP contribution is -1.97. The molecule has 8 rings (SSSR count). The van der Waals surface area contributed by atoms with Crippen molar-refractivity contribution in [3.8, 4) is 52.2 Å². The first-order chi connectivity index (χ1) is 22.6. The van der Waals surface area contributed by atoms with Gasteiger partial charge in [-0.15, -0.1) is 11.3 Å². The molecule has 0 saturated heterocycles. The van der Waals surface area contributed by atoms with Crippen molar-refractivity contribution in [1.29, 1.82) is 21.0 Å². The van der Waals surface area contributed by atoms with Gasteiger partial charge in [-0.2, -0.15) is 21.0 Å². The maximum absolute atomic E-state index is 10.1. The van der Waals surface area contributed by atoms with Gasteiger partial charge in [0.1, 0.15) is 0 Å². The number of hydrogen-bond donors (Lipinski definition) is 0. The van der Waals surface area contributed by atoms with Gasteiger partial charge in [0, 0.05) is 53.3 Å². The highest BCUT2D eigenvalue weighted by Crippen LogP contribution is 2.43. The van der Waals surface area contributed by atoms with Crippen LogP contribution in [0, 0.1) is 45.3 Å². The highest BCUT2D eigenvalue weighted by molar-refractivity contribution is 7.25. The van der Waals surface area contributed by atoms with Crippen LogP contribution in [0.25, 0.3) is 69.9 Å². The summed E-state index contributed by atoms with van der Waals surface area (Å²) in [6.07, 6.45) is 0. The minimum atomic E-state index is 0.421. The van der Waals surface area contributed by atoms with E-state index >= 15 is 0 Å². The van der Waals surface area contributed by atoms with Crippen LogP contribution in [0.15, 0.2) is 115 Å². The number of hydrogen-bond acceptors (Lipinski definition) is 5. The van der Waals surface area contributed by atoms with Crippen LogP contribution in [0.3, 0.4) is 0 Å². The van der Waals surface area contributed by atoms with E-state index in [1.54, 1.807) is 47.7 Å². The standard InChI is InChI=1S/C40H19N5S/c41-20-25-6-3-7-26(21-42)38(25)24-14-16-35-33(18-24)31-11-5-12-32(39-27(22-43)8-4-9-28(39)23-44)40(31)45(35)29-15-17-37-34(19-29)30-10-1-2-13-36(30)46-37/h1-19H. The maximum Gasteiger partial charge on any atom is 0.0998 e. The molecule has 210 valence electrons. The van der Waals surface area contributed by atoms with Crippen LogP contribution < -0.4 is 0 Å². The summed E-state index contributed by atoms with van der Waals surface area (Å²) in [4.78, 5) is 0. The largest absolute Gasteiger partial charge is 0.309 e. The van der Waals surface area contributed by atoms with E-state index in [-0.39, 0.29) is 0 Å². The number of fused-ring (bicyclic) bond motifs is 6. The topological polar surface area (TPSA) is 100 Å². The zero-order valence-corrected chi connectivity index (χ0v) is 24.9. The highest BCUT2D eigenvalue weighted by atomic mass is 32.1. The molecule has 0 bridgehead atoms. The van der Waals surface area contributed by atoms with Gasteiger partial charge in [0.05, 0.1) is 57.6 Å². The van der Waals surface area contributed by atoms with E-state index in [1.807, 2.05) is 36.4 Å². The third kappa shape index (κ3) is 3.90. The summed E-state index contributed by atoms with van der Waals surface area (Å²) in [5, 5.41) is 44.3. The first-order valence-corrected chi connectivity index (χ1v) is 15.3. The van der Waals surface area contributed by atoms with Crippen molar-refractivity contribution in [2.24, 2.45) is 0 Å². The number of nitrogens with zero attached hydrogens (tertiary/aromatic N) is 5. The molecule has 5 nitrogen and oxygen atoms in total. The predicted molar refractivity (Wildman–Crippen MR) is 183 cm³/mol. The predicted octanol–water partition coefficient (Wildman–Crippen LogP) is 9.97. The molecule has 0 saturated carbocycles. The molecule has 0 aliphatic carbocycles. The molecule has 2 aromatic heterocycles. The lowest BCUT2D eigenvalue weighted by molar-refractivity contribution is 1.19. The van der Waals surface area contributed by atoms with Gasteiger partial charge in [-0.1, -0.05) is 54.6 Å². The molecule has 6 aromatic carbocycles. The van der Waals surface area contributed by atoms with E-state index in [4.69, 9.17) is 0 Å². The maximum atomic E-state index is 10.1. The number of aromatic nitrogens is 1. The molecule has 2 heterocycles. The zero-order valence-electron chi connectivity index (χ0n) is 24.1. The lowest BCUT2D eigenvalue weighted by Gasteiger charge is -2.14. The molecular weight excluding hydrogens is 583 g/mol. The summed E-state index contributed by atoms with van der Waals surface area (Å²) in [7, 11) is 0. The Kier molecular flexibility index (Phi) is 6.13. The SMILES string of the molecule is N#Cc1cccc(C#N)c1-c1ccc2c(c1)c1cccc(-c3c(C#N)cccc3C#N)c1n2-c1ccc2sc3ccccc3c2c1. The summed E-state index contributed by atoms with van der Waals surface area (Å²) < 4.78 is 4.60. The van der Waals surface area contributed by atoms with Crippen molar-refractivity contribution < 1.29 is 0 Å². The molecule has 0 unspecified atom stereocenters. The van der Waals surface area contributed by atoms with E-state index in [0.29, 0.717) is 33.4 Å². The fourth-order valence-corrected chi connectivity index (χ4v) is 7.71. The molecule has 0 aliphatic heterocycles. The van der Waals surface area contributed by atoms with Gasteiger partial charge in [-0.05, 0) is 66.2 Å². The summed E-state index contributed by atoms with van der Waals surface area (Å²) in [5.41, 5.74) is 7.15. The van der Waals surface area contributed by atoms with Crippen molar-refractivity contribution in [3.05, 3.63) is 138 Å². The van der Waals surface area contributed by atoms with E-state index in [1.165, 1.54) is 14.8 Å². The van der Waals surface area contributed by atoms with Crippen LogP contribution >= 0.6 is 11.3 Å². The minimum Gasteiger partial charge on any atom is -0.309 e. The van der Waals surface area contributed by atoms with Crippen molar-refractivity contribution >= 4 is 53.3 Å². The third-order valence-electron chi connectivity index (χ3n) is 8.57. The Bertz CT molecular complexity index is 2690. The fourth-order valence-electron chi connectivity index (χ4n) is 6.63. The third-order valence-corrected chi connectivity index (χ3v) is 9.73. The van der Waals surface area contributed by atoms with Gasteiger partial charge in [0.25, 0.3) is 0 Å². The second-order valence-electron chi connectivity index (χ2n) is 11.0. The quantitative estimate of drug-likeness (QED) is 0.201. The second-order valence-corrected chi connectivity index (χ2v) is 12.0. The number of nitriles is 4.